The number of hydrogen-bond donors (Lipinski definition) is 3. The van der Waals surface area contributed by atoms with Crippen LogP contribution in [0.4, 0.5) is 0 Å². The molecule has 1 amide bonds. The van der Waals surface area contributed by atoms with Crippen LogP contribution in [-0.4, -0.2) is 38.3 Å². The number of carboxylic acids is 1. The first-order chi connectivity index (χ1) is 10.1. The van der Waals surface area contributed by atoms with Gasteiger partial charge in [-0.15, -0.1) is 0 Å². The Morgan fingerprint density at radius 3 is 2.43 bits per heavy atom. The van der Waals surface area contributed by atoms with Gasteiger partial charge in [0.05, 0.1) is 18.0 Å². The first kappa shape index (κ1) is 14.4. The molecular weight excluding hydrogens is 274 g/mol. The highest BCUT2D eigenvalue weighted by molar-refractivity contribution is 5.96. The molecule has 0 saturated heterocycles. The fourth-order valence-electron chi connectivity index (χ4n) is 1.73. The first-order valence-corrected chi connectivity index (χ1v) is 6.14. The third-order valence-electron chi connectivity index (χ3n) is 2.83. The molecule has 1 aromatic carbocycles. The van der Waals surface area contributed by atoms with E-state index in [9.17, 15) is 19.8 Å². The van der Waals surface area contributed by atoms with Crippen molar-refractivity contribution >= 4 is 11.9 Å². The van der Waals surface area contributed by atoms with Crippen LogP contribution in [0.2, 0.25) is 0 Å². The number of hydrogen-bond acceptors (Lipinski definition) is 5. The molecular formula is C14H13N3O4. The van der Waals surface area contributed by atoms with Crippen LogP contribution in [0.1, 0.15) is 15.9 Å². The highest BCUT2D eigenvalue weighted by Gasteiger charge is 2.21. The van der Waals surface area contributed by atoms with Gasteiger partial charge in [-0.05, 0) is 23.8 Å². The van der Waals surface area contributed by atoms with E-state index in [2.05, 4.69) is 15.5 Å². The number of carbonyl (C=O) groups excluding carboxylic acids is 1. The standard InChI is InChI=1S/C14H13N3O4/c18-11-3-1-9(2-4-11)7-12(14(20)21)17-13(19)10-5-6-15-16-8-10/h1-6,8,12,18H,7H2,(H,17,19)(H,20,21)/t12-/m0/s1. The molecule has 0 saturated carbocycles. The summed E-state index contributed by atoms with van der Waals surface area (Å²) >= 11 is 0. The van der Waals surface area contributed by atoms with Gasteiger partial charge >= 0.3 is 5.97 Å². The molecule has 1 aromatic heterocycles. The summed E-state index contributed by atoms with van der Waals surface area (Å²) in [5.74, 6) is -1.58. The highest BCUT2D eigenvalue weighted by atomic mass is 16.4. The molecule has 1 heterocycles. The van der Waals surface area contributed by atoms with Crippen molar-refractivity contribution < 1.29 is 19.8 Å². The summed E-state index contributed by atoms with van der Waals surface area (Å²) in [4.78, 5) is 23.2. The van der Waals surface area contributed by atoms with Crippen LogP contribution in [0.5, 0.6) is 5.75 Å². The van der Waals surface area contributed by atoms with Gasteiger partial charge in [0.25, 0.3) is 5.91 Å². The van der Waals surface area contributed by atoms with Gasteiger partial charge in [-0.3, -0.25) is 4.79 Å². The molecule has 0 bridgehead atoms. The van der Waals surface area contributed by atoms with Crippen LogP contribution < -0.4 is 5.32 Å². The number of carboxylic acid groups (broad SMARTS) is 1. The van der Waals surface area contributed by atoms with Gasteiger partial charge in [0.1, 0.15) is 11.8 Å². The zero-order valence-corrected chi connectivity index (χ0v) is 10.9. The van der Waals surface area contributed by atoms with Crippen LogP contribution in [0, 0.1) is 0 Å². The zero-order chi connectivity index (χ0) is 15.2. The largest absolute Gasteiger partial charge is 0.508 e. The predicted octanol–water partition coefficient (Wildman–Crippen LogP) is 0.608. The van der Waals surface area contributed by atoms with Gasteiger partial charge in [0, 0.05) is 6.42 Å². The van der Waals surface area contributed by atoms with Gasteiger partial charge < -0.3 is 15.5 Å². The van der Waals surface area contributed by atoms with Crippen LogP contribution in [0.15, 0.2) is 42.7 Å². The van der Waals surface area contributed by atoms with E-state index in [-0.39, 0.29) is 17.7 Å². The molecule has 2 aromatic rings. The summed E-state index contributed by atoms with van der Waals surface area (Å²) in [7, 11) is 0. The van der Waals surface area contributed by atoms with Crippen LogP contribution in [-0.2, 0) is 11.2 Å². The average molecular weight is 287 g/mol. The molecule has 0 aliphatic heterocycles. The number of phenols is 1. The quantitative estimate of drug-likeness (QED) is 0.742. The van der Waals surface area contributed by atoms with Gasteiger partial charge in [-0.25, -0.2) is 4.79 Å². The van der Waals surface area contributed by atoms with Crippen LogP contribution in [0.3, 0.4) is 0 Å². The number of aromatic nitrogens is 2. The second kappa shape index (κ2) is 6.47. The topological polar surface area (TPSA) is 112 Å². The SMILES string of the molecule is O=C(N[C@@H](Cc1ccc(O)cc1)C(=O)O)c1ccnnc1. The lowest BCUT2D eigenvalue weighted by molar-refractivity contribution is -0.139. The molecule has 1 atom stereocenters. The van der Waals surface area contributed by atoms with E-state index < -0.39 is 17.9 Å². The van der Waals surface area contributed by atoms with Crippen molar-refractivity contribution in [2.75, 3.05) is 0 Å². The first-order valence-electron chi connectivity index (χ1n) is 6.14. The number of aromatic hydroxyl groups is 1. The number of amides is 1. The van der Waals surface area contributed by atoms with E-state index in [1.807, 2.05) is 0 Å². The van der Waals surface area contributed by atoms with Crippen molar-refractivity contribution in [1.82, 2.24) is 15.5 Å². The summed E-state index contributed by atoms with van der Waals surface area (Å²) in [6.45, 7) is 0. The van der Waals surface area contributed by atoms with Gasteiger partial charge in [-0.1, -0.05) is 12.1 Å². The maximum absolute atomic E-state index is 11.9. The van der Waals surface area contributed by atoms with Crippen molar-refractivity contribution in [1.29, 1.82) is 0 Å². The molecule has 0 spiro atoms. The monoisotopic (exact) mass is 287 g/mol. The molecule has 108 valence electrons. The van der Waals surface area contributed by atoms with Crippen molar-refractivity contribution in [3.63, 3.8) is 0 Å². The zero-order valence-electron chi connectivity index (χ0n) is 10.9. The van der Waals surface area contributed by atoms with E-state index in [4.69, 9.17) is 0 Å². The number of phenolic OH excluding ortho intramolecular Hbond substituents is 1. The fourth-order valence-corrected chi connectivity index (χ4v) is 1.73. The van der Waals surface area contributed by atoms with E-state index >= 15 is 0 Å². The number of carbonyl (C=O) groups is 2. The van der Waals surface area contributed by atoms with Crippen LogP contribution in [0.25, 0.3) is 0 Å². The predicted molar refractivity (Wildman–Crippen MR) is 72.7 cm³/mol. The van der Waals surface area contributed by atoms with Crippen molar-refractivity contribution in [2.45, 2.75) is 12.5 Å². The Bertz CT molecular complexity index is 628. The molecule has 0 unspecified atom stereocenters. The Labute approximate surface area is 120 Å². The van der Waals surface area contributed by atoms with Crippen molar-refractivity contribution in [2.24, 2.45) is 0 Å². The summed E-state index contributed by atoms with van der Waals surface area (Å²) in [6.07, 6.45) is 2.72. The Morgan fingerprint density at radius 2 is 1.86 bits per heavy atom. The molecule has 0 aliphatic carbocycles. The molecule has 21 heavy (non-hydrogen) atoms. The maximum atomic E-state index is 11.9. The minimum atomic E-state index is -1.14. The lowest BCUT2D eigenvalue weighted by Gasteiger charge is -2.14. The summed E-state index contributed by atoms with van der Waals surface area (Å²) in [6, 6.07) is 6.50. The Hall–Kier alpha value is -2.96. The summed E-state index contributed by atoms with van der Waals surface area (Å²) in [5.41, 5.74) is 0.926. The van der Waals surface area contributed by atoms with Crippen molar-refractivity contribution in [3.05, 3.63) is 53.9 Å². The number of nitrogens with zero attached hydrogens (tertiary/aromatic N) is 2. The molecule has 0 radical (unpaired) electrons. The average Bonchev–Trinajstić information content (AvgIpc) is 2.49. The molecule has 0 fully saturated rings. The second-order valence-corrected chi connectivity index (χ2v) is 4.37. The number of aliphatic carboxylic acids is 1. The Morgan fingerprint density at radius 1 is 1.14 bits per heavy atom. The number of rotatable bonds is 5. The number of nitrogens with one attached hydrogen (secondary N) is 1. The minimum absolute atomic E-state index is 0.0949. The van der Waals surface area contributed by atoms with Crippen molar-refractivity contribution in [3.8, 4) is 5.75 Å². The second-order valence-electron chi connectivity index (χ2n) is 4.37. The molecule has 3 N–H and O–H groups in total. The Kier molecular flexibility index (Phi) is 4.45. The van der Waals surface area contributed by atoms with E-state index in [0.717, 1.165) is 0 Å². The van der Waals surface area contributed by atoms with Gasteiger partial charge in [0.2, 0.25) is 0 Å². The van der Waals surface area contributed by atoms with Gasteiger partial charge in [-0.2, -0.15) is 10.2 Å². The lowest BCUT2D eigenvalue weighted by atomic mass is 10.1. The van der Waals surface area contributed by atoms with E-state index in [1.165, 1.54) is 30.6 Å². The Balaban J connectivity index is 2.07. The van der Waals surface area contributed by atoms with E-state index in [0.29, 0.717) is 5.56 Å². The third kappa shape index (κ3) is 4.00. The lowest BCUT2D eigenvalue weighted by Crippen LogP contribution is -2.42. The summed E-state index contributed by atoms with van der Waals surface area (Å²) < 4.78 is 0. The molecule has 7 nitrogen and oxygen atoms in total. The van der Waals surface area contributed by atoms with Gasteiger partial charge in [0.15, 0.2) is 0 Å². The molecule has 0 aliphatic rings. The normalized spacial score (nSPS) is 11.6. The minimum Gasteiger partial charge on any atom is -0.508 e. The van der Waals surface area contributed by atoms with E-state index in [1.54, 1.807) is 12.1 Å². The maximum Gasteiger partial charge on any atom is 0.326 e. The molecule has 7 heteroatoms. The fraction of sp³-hybridized carbons (Fsp3) is 0.143. The highest BCUT2D eigenvalue weighted by Crippen LogP contribution is 2.11. The third-order valence-corrected chi connectivity index (χ3v) is 2.83. The number of benzene rings is 1. The van der Waals surface area contributed by atoms with Crippen LogP contribution >= 0.6 is 0 Å². The summed E-state index contributed by atoms with van der Waals surface area (Å²) in [5, 5.41) is 27.9. The molecule has 2 rings (SSSR count). The smallest absolute Gasteiger partial charge is 0.326 e.